The number of ketones is 1. The van der Waals surface area contributed by atoms with E-state index in [9.17, 15) is 4.79 Å². The fourth-order valence-corrected chi connectivity index (χ4v) is 4.48. The fraction of sp³-hybridized carbons (Fsp3) is 0.250. The summed E-state index contributed by atoms with van der Waals surface area (Å²) >= 11 is 0. The van der Waals surface area contributed by atoms with Gasteiger partial charge in [-0.15, -0.1) is 0 Å². The molecule has 0 N–H and O–H groups in total. The lowest BCUT2D eigenvalue weighted by atomic mass is 9.98. The van der Waals surface area contributed by atoms with Gasteiger partial charge in [0.05, 0.1) is 11.9 Å². The third-order valence-electron chi connectivity index (χ3n) is 6.29. The number of hydrogen-bond acceptors (Lipinski definition) is 3. The summed E-state index contributed by atoms with van der Waals surface area (Å²) in [6, 6.07) is 28.4. The van der Waals surface area contributed by atoms with Crippen molar-refractivity contribution in [1.82, 2.24) is 4.57 Å². The number of oxime groups is 1. The lowest BCUT2D eigenvalue weighted by molar-refractivity contribution is 0.0981. The molecule has 0 bridgehead atoms. The molecule has 0 saturated carbocycles. The Kier molecular flexibility index (Phi) is 8.17. The van der Waals surface area contributed by atoms with Crippen molar-refractivity contribution in [1.29, 1.82) is 0 Å². The third-order valence-corrected chi connectivity index (χ3v) is 6.29. The SMILES string of the molecule is Cc1ccc(O/N=C/c2cc(C(=O)CCc3cccc(C)c3)c(C(C)C)n2Cc2ccccc2)cc1. The fourth-order valence-electron chi connectivity index (χ4n) is 4.48. The largest absolute Gasteiger partial charge is 0.357 e. The van der Waals surface area contributed by atoms with E-state index in [1.807, 2.05) is 61.5 Å². The maximum Gasteiger partial charge on any atom is 0.165 e. The highest BCUT2D eigenvalue weighted by Crippen LogP contribution is 2.27. The smallest absolute Gasteiger partial charge is 0.165 e. The molecule has 0 aliphatic heterocycles. The van der Waals surface area contributed by atoms with Gasteiger partial charge < -0.3 is 9.40 Å². The monoisotopic (exact) mass is 478 g/mol. The lowest BCUT2D eigenvalue weighted by Crippen LogP contribution is -2.12. The zero-order chi connectivity index (χ0) is 25.5. The van der Waals surface area contributed by atoms with E-state index < -0.39 is 0 Å². The number of nitrogens with zero attached hydrogens (tertiary/aromatic N) is 2. The molecule has 36 heavy (non-hydrogen) atoms. The first-order valence-electron chi connectivity index (χ1n) is 12.5. The van der Waals surface area contributed by atoms with Crippen LogP contribution in [0, 0.1) is 13.8 Å². The summed E-state index contributed by atoms with van der Waals surface area (Å²) in [6.45, 7) is 9.05. The van der Waals surface area contributed by atoms with Gasteiger partial charge >= 0.3 is 0 Å². The minimum atomic E-state index is 0.154. The first-order valence-corrected chi connectivity index (χ1v) is 12.5. The van der Waals surface area contributed by atoms with Gasteiger partial charge in [0.1, 0.15) is 0 Å². The molecule has 0 amide bonds. The summed E-state index contributed by atoms with van der Waals surface area (Å²) in [4.78, 5) is 19.1. The number of aromatic nitrogens is 1. The molecule has 0 aliphatic rings. The summed E-state index contributed by atoms with van der Waals surface area (Å²) in [5.74, 6) is 1.00. The van der Waals surface area contributed by atoms with Crippen molar-refractivity contribution in [2.45, 2.75) is 53.0 Å². The third kappa shape index (κ3) is 6.39. The standard InChI is InChI=1S/C32H34N2O2/c1-23(2)32-30(31(35)18-15-26-12-8-9-25(4)19-26)20-28(34(32)22-27-10-6-5-7-11-27)21-33-36-29-16-13-24(3)14-17-29/h5-14,16-17,19-21,23H,15,18,22H2,1-4H3/b33-21+. The average molecular weight is 479 g/mol. The normalized spacial score (nSPS) is 11.4. The van der Waals surface area contributed by atoms with Crippen LogP contribution in [0.3, 0.4) is 0 Å². The molecule has 4 heteroatoms. The van der Waals surface area contributed by atoms with Crippen LogP contribution in [0.4, 0.5) is 0 Å². The van der Waals surface area contributed by atoms with E-state index in [0.717, 1.165) is 23.4 Å². The average Bonchev–Trinajstić information content (AvgIpc) is 3.23. The van der Waals surface area contributed by atoms with E-state index in [1.54, 1.807) is 6.21 Å². The number of Topliss-reactive ketones (excluding diaryl/α,β-unsaturated/α-hetero) is 1. The van der Waals surface area contributed by atoms with Crippen LogP contribution in [0.25, 0.3) is 0 Å². The zero-order valence-electron chi connectivity index (χ0n) is 21.6. The first kappa shape index (κ1) is 25.2. The van der Waals surface area contributed by atoms with Crippen molar-refractivity contribution in [3.05, 3.63) is 124 Å². The molecule has 4 rings (SSSR count). The second kappa shape index (κ2) is 11.7. The van der Waals surface area contributed by atoms with E-state index in [1.165, 1.54) is 22.3 Å². The van der Waals surface area contributed by atoms with Crippen LogP contribution < -0.4 is 4.84 Å². The highest BCUT2D eigenvalue weighted by Gasteiger charge is 2.22. The molecule has 0 atom stereocenters. The number of rotatable bonds is 10. The van der Waals surface area contributed by atoms with Crippen molar-refractivity contribution < 1.29 is 9.63 Å². The van der Waals surface area contributed by atoms with Crippen LogP contribution in [-0.4, -0.2) is 16.6 Å². The second-order valence-electron chi connectivity index (χ2n) is 9.65. The highest BCUT2D eigenvalue weighted by molar-refractivity contribution is 5.99. The van der Waals surface area contributed by atoms with Crippen molar-refractivity contribution in [2.75, 3.05) is 0 Å². The van der Waals surface area contributed by atoms with Gasteiger partial charge in [-0.3, -0.25) is 4.79 Å². The van der Waals surface area contributed by atoms with E-state index >= 15 is 0 Å². The van der Waals surface area contributed by atoms with Crippen molar-refractivity contribution in [3.8, 4) is 5.75 Å². The molecule has 3 aromatic carbocycles. The summed E-state index contributed by atoms with van der Waals surface area (Å²) in [6.07, 6.45) is 2.91. The Labute approximate surface area is 214 Å². The van der Waals surface area contributed by atoms with Gasteiger partial charge in [0.15, 0.2) is 11.5 Å². The van der Waals surface area contributed by atoms with Gasteiger partial charge in [-0.1, -0.05) is 96.9 Å². The van der Waals surface area contributed by atoms with E-state index in [-0.39, 0.29) is 11.7 Å². The highest BCUT2D eigenvalue weighted by atomic mass is 16.6. The number of benzene rings is 3. The molecule has 0 aliphatic carbocycles. The summed E-state index contributed by atoms with van der Waals surface area (Å²) < 4.78 is 2.20. The van der Waals surface area contributed by atoms with Crippen LogP contribution in [0.1, 0.15) is 70.2 Å². The molecule has 1 heterocycles. The number of carbonyl (C=O) groups excluding carboxylic acids is 1. The Bertz CT molecular complexity index is 1330. The summed E-state index contributed by atoms with van der Waals surface area (Å²) in [7, 11) is 0. The first-order chi connectivity index (χ1) is 17.4. The maximum absolute atomic E-state index is 13.5. The number of carbonyl (C=O) groups is 1. The predicted octanol–water partition coefficient (Wildman–Crippen LogP) is 7.51. The lowest BCUT2D eigenvalue weighted by Gasteiger charge is -2.16. The Hall–Kier alpha value is -3.92. The molecule has 0 fully saturated rings. The minimum absolute atomic E-state index is 0.154. The molecule has 0 saturated heterocycles. The van der Waals surface area contributed by atoms with Gasteiger partial charge in [0, 0.05) is 24.2 Å². The summed E-state index contributed by atoms with van der Waals surface area (Å²) in [5, 5.41) is 4.26. The van der Waals surface area contributed by atoms with Gasteiger partial charge in [-0.2, -0.15) is 0 Å². The molecular formula is C32H34N2O2. The molecule has 0 radical (unpaired) electrons. The van der Waals surface area contributed by atoms with Gasteiger partial charge in [0.2, 0.25) is 0 Å². The molecule has 0 unspecified atom stereocenters. The van der Waals surface area contributed by atoms with Crippen molar-refractivity contribution in [2.24, 2.45) is 5.16 Å². The van der Waals surface area contributed by atoms with Crippen LogP contribution in [0.15, 0.2) is 90.1 Å². The van der Waals surface area contributed by atoms with E-state index in [4.69, 9.17) is 4.84 Å². The molecule has 4 aromatic rings. The predicted molar refractivity (Wildman–Crippen MR) is 147 cm³/mol. The second-order valence-corrected chi connectivity index (χ2v) is 9.65. The molecule has 184 valence electrons. The van der Waals surface area contributed by atoms with E-state index in [2.05, 4.69) is 60.8 Å². The van der Waals surface area contributed by atoms with Gasteiger partial charge in [-0.25, -0.2) is 0 Å². The molecule has 0 spiro atoms. The topological polar surface area (TPSA) is 43.6 Å². The molecular weight excluding hydrogens is 444 g/mol. The van der Waals surface area contributed by atoms with Crippen molar-refractivity contribution >= 4 is 12.0 Å². The van der Waals surface area contributed by atoms with Crippen molar-refractivity contribution in [3.63, 3.8) is 0 Å². The van der Waals surface area contributed by atoms with Gasteiger partial charge in [-0.05, 0) is 55.5 Å². The van der Waals surface area contributed by atoms with Crippen LogP contribution >= 0.6 is 0 Å². The quantitative estimate of drug-likeness (QED) is 0.134. The Morgan fingerprint density at radius 3 is 2.31 bits per heavy atom. The minimum Gasteiger partial charge on any atom is -0.357 e. The number of hydrogen-bond donors (Lipinski definition) is 0. The Morgan fingerprint density at radius 1 is 0.889 bits per heavy atom. The maximum atomic E-state index is 13.5. The zero-order valence-corrected chi connectivity index (χ0v) is 21.6. The Balaban J connectivity index is 1.64. The Morgan fingerprint density at radius 2 is 1.61 bits per heavy atom. The van der Waals surface area contributed by atoms with Crippen LogP contribution in [0.5, 0.6) is 5.75 Å². The van der Waals surface area contributed by atoms with Gasteiger partial charge in [0.25, 0.3) is 0 Å². The van der Waals surface area contributed by atoms with E-state index in [0.29, 0.717) is 18.7 Å². The van der Waals surface area contributed by atoms with Crippen LogP contribution in [-0.2, 0) is 13.0 Å². The molecule has 1 aromatic heterocycles. The summed E-state index contributed by atoms with van der Waals surface area (Å²) in [5.41, 5.74) is 7.39. The molecule has 4 nitrogen and oxygen atoms in total. The number of aryl methyl sites for hydroxylation is 3. The van der Waals surface area contributed by atoms with Crippen LogP contribution in [0.2, 0.25) is 0 Å².